The van der Waals surface area contributed by atoms with Gasteiger partial charge in [-0.1, -0.05) is 16.6 Å². The maximum atomic E-state index is 11.0. The van der Waals surface area contributed by atoms with Gasteiger partial charge >= 0.3 is 0 Å². The second-order valence-corrected chi connectivity index (χ2v) is 7.57. The Labute approximate surface area is 178 Å². The fourth-order valence-electron chi connectivity index (χ4n) is 2.71. The first kappa shape index (κ1) is 21.7. The molecule has 1 amide bonds. The molecule has 0 aliphatic carbocycles. The van der Waals surface area contributed by atoms with Crippen LogP contribution in [0, 0.1) is 6.92 Å². The molecule has 1 aromatic heterocycles. The number of aliphatic hydroxyl groups is 1. The summed E-state index contributed by atoms with van der Waals surface area (Å²) >= 11 is 1.36. The Morgan fingerprint density at radius 1 is 1.20 bits per heavy atom. The van der Waals surface area contributed by atoms with Crippen LogP contribution in [0.25, 0.3) is 11.3 Å². The van der Waals surface area contributed by atoms with E-state index in [1.54, 1.807) is 24.3 Å². The smallest absolute Gasteiger partial charge is 0.248 e. The molecule has 0 saturated carbocycles. The molecule has 4 N–H and O–H groups in total. The first-order valence-electron chi connectivity index (χ1n) is 9.46. The number of carbonyl (C=O) groups excluding carboxylic acids is 1. The molecule has 1 heterocycles. The molecule has 0 aliphatic rings. The van der Waals surface area contributed by atoms with Crippen molar-refractivity contribution in [2.24, 2.45) is 5.73 Å². The van der Waals surface area contributed by atoms with E-state index >= 15 is 0 Å². The van der Waals surface area contributed by atoms with Crippen LogP contribution in [-0.2, 0) is 0 Å². The van der Waals surface area contributed by atoms with Gasteiger partial charge in [0.15, 0.2) is 0 Å². The third kappa shape index (κ3) is 6.24. The van der Waals surface area contributed by atoms with E-state index in [1.807, 2.05) is 31.2 Å². The monoisotopic (exact) mass is 428 g/mol. The molecule has 0 spiro atoms. The van der Waals surface area contributed by atoms with Gasteiger partial charge in [-0.3, -0.25) is 4.79 Å². The van der Waals surface area contributed by atoms with Crippen molar-refractivity contribution < 1.29 is 19.4 Å². The normalized spacial score (nSPS) is 11.8. The number of primary amides is 1. The van der Waals surface area contributed by atoms with Gasteiger partial charge in [-0.05, 0) is 54.9 Å². The predicted octanol–water partition coefficient (Wildman–Crippen LogP) is 2.02. The largest absolute Gasteiger partial charge is 0.492 e. The number of aromatic nitrogens is 2. The summed E-state index contributed by atoms with van der Waals surface area (Å²) in [5, 5.41) is 17.4. The van der Waals surface area contributed by atoms with Gasteiger partial charge in [-0.25, -0.2) is 0 Å². The number of aryl methyl sites for hydroxylation is 1. The highest BCUT2D eigenvalue weighted by atomic mass is 32.1. The van der Waals surface area contributed by atoms with Crippen molar-refractivity contribution in [1.82, 2.24) is 14.9 Å². The summed E-state index contributed by atoms with van der Waals surface area (Å²) < 4.78 is 15.2. The van der Waals surface area contributed by atoms with Crippen LogP contribution in [0.5, 0.6) is 11.5 Å². The highest BCUT2D eigenvalue weighted by Gasteiger charge is 2.09. The van der Waals surface area contributed by atoms with Crippen molar-refractivity contribution >= 4 is 17.4 Å². The van der Waals surface area contributed by atoms with E-state index in [0.717, 1.165) is 16.1 Å². The molecule has 158 valence electrons. The van der Waals surface area contributed by atoms with Crippen LogP contribution in [-0.4, -0.2) is 53.0 Å². The quantitative estimate of drug-likeness (QED) is 0.400. The molecule has 0 aliphatic heterocycles. The Morgan fingerprint density at radius 2 is 2.00 bits per heavy atom. The number of nitrogens with zero attached hydrogens (tertiary/aromatic N) is 2. The van der Waals surface area contributed by atoms with Crippen LogP contribution >= 0.6 is 11.5 Å². The molecule has 0 bridgehead atoms. The minimum absolute atomic E-state index is 0.167. The van der Waals surface area contributed by atoms with E-state index in [0.29, 0.717) is 36.8 Å². The van der Waals surface area contributed by atoms with Gasteiger partial charge < -0.3 is 25.6 Å². The van der Waals surface area contributed by atoms with Crippen LogP contribution in [0.3, 0.4) is 0 Å². The van der Waals surface area contributed by atoms with Crippen molar-refractivity contribution in [3.63, 3.8) is 0 Å². The fraction of sp³-hybridized carbons (Fsp3) is 0.286. The Balaban J connectivity index is 1.35. The number of hydrogen-bond acceptors (Lipinski definition) is 8. The highest BCUT2D eigenvalue weighted by molar-refractivity contribution is 7.05. The number of rotatable bonds is 11. The van der Waals surface area contributed by atoms with Crippen molar-refractivity contribution in [2.45, 2.75) is 13.0 Å². The summed E-state index contributed by atoms with van der Waals surface area (Å²) in [7, 11) is 0. The number of aliphatic hydroxyl groups excluding tert-OH is 1. The first-order chi connectivity index (χ1) is 14.5. The van der Waals surface area contributed by atoms with E-state index < -0.39 is 12.0 Å². The molecule has 9 heteroatoms. The van der Waals surface area contributed by atoms with Crippen LogP contribution < -0.4 is 20.5 Å². The molecule has 1 unspecified atom stereocenters. The van der Waals surface area contributed by atoms with Gasteiger partial charge in [0, 0.05) is 24.2 Å². The molecule has 3 aromatic rings. The van der Waals surface area contributed by atoms with Gasteiger partial charge in [0.25, 0.3) is 0 Å². The lowest BCUT2D eigenvalue weighted by Gasteiger charge is -2.14. The van der Waals surface area contributed by atoms with Gasteiger partial charge in [-0.15, -0.1) is 5.10 Å². The molecule has 0 radical (unpaired) electrons. The van der Waals surface area contributed by atoms with Crippen molar-refractivity contribution in [3.05, 3.63) is 59.0 Å². The van der Waals surface area contributed by atoms with Crippen molar-refractivity contribution in [3.8, 4) is 22.8 Å². The summed E-state index contributed by atoms with van der Waals surface area (Å²) in [5.74, 6) is 0.846. The van der Waals surface area contributed by atoms with Gasteiger partial charge in [-0.2, -0.15) is 0 Å². The SMILES string of the molecule is Cc1snnc1-c1cccc(OCC(O)CNCCOc2ccc(C(N)=O)cc2)c1. The zero-order chi connectivity index (χ0) is 21.3. The van der Waals surface area contributed by atoms with Crippen LogP contribution in [0.15, 0.2) is 48.5 Å². The van der Waals surface area contributed by atoms with E-state index in [4.69, 9.17) is 15.2 Å². The van der Waals surface area contributed by atoms with Gasteiger partial charge in [0.1, 0.15) is 36.5 Å². The predicted molar refractivity (Wildman–Crippen MR) is 115 cm³/mol. The molecule has 1 atom stereocenters. The Bertz CT molecular complexity index is 962. The second kappa shape index (κ2) is 10.7. The lowest BCUT2D eigenvalue weighted by molar-refractivity contribution is 0.1000. The maximum Gasteiger partial charge on any atom is 0.248 e. The molecule has 30 heavy (non-hydrogen) atoms. The van der Waals surface area contributed by atoms with E-state index in [-0.39, 0.29) is 6.61 Å². The van der Waals surface area contributed by atoms with E-state index in [2.05, 4.69) is 14.9 Å². The third-order valence-corrected chi connectivity index (χ3v) is 4.90. The molecule has 3 rings (SSSR count). The second-order valence-electron chi connectivity index (χ2n) is 6.61. The number of hydrogen-bond donors (Lipinski definition) is 3. The molecular weight excluding hydrogens is 404 g/mol. The summed E-state index contributed by atoms with van der Waals surface area (Å²) in [6, 6.07) is 14.2. The molecule has 0 saturated heterocycles. The van der Waals surface area contributed by atoms with E-state index in [1.165, 1.54) is 11.5 Å². The van der Waals surface area contributed by atoms with Crippen molar-refractivity contribution in [1.29, 1.82) is 0 Å². The number of nitrogens with one attached hydrogen (secondary N) is 1. The Morgan fingerprint density at radius 3 is 2.70 bits per heavy atom. The lowest BCUT2D eigenvalue weighted by Crippen LogP contribution is -2.33. The molecule has 2 aromatic carbocycles. The third-order valence-electron chi connectivity index (χ3n) is 4.27. The average Bonchev–Trinajstić information content (AvgIpc) is 3.18. The van der Waals surface area contributed by atoms with E-state index in [9.17, 15) is 9.90 Å². The van der Waals surface area contributed by atoms with Gasteiger partial charge in [0.2, 0.25) is 5.91 Å². The zero-order valence-electron chi connectivity index (χ0n) is 16.6. The molecule has 8 nitrogen and oxygen atoms in total. The minimum atomic E-state index is -0.661. The maximum absolute atomic E-state index is 11.0. The lowest BCUT2D eigenvalue weighted by atomic mass is 10.1. The molecule has 0 fully saturated rings. The van der Waals surface area contributed by atoms with Crippen LogP contribution in [0.2, 0.25) is 0 Å². The summed E-state index contributed by atoms with van der Waals surface area (Å²) in [6.45, 7) is 3.49. The average molecular weight is 429 g/mol. The van der Waals surface area contributed by atoms with Crippen molar-refractivity contribution in [2.75, 3.05) is 26.3 Å². The zero-order valence-corrected chi connectivity index (χ0v) is 17.4. The van der Waals surface area contributed by atoms with Crippen LogP contribution in [0.4, 0.5) is 0 Å². The minimum Gasteiger partial charge on any atom is -0.492 e. The first-order valence-corrected chi connectivity index (χ1v) is 10.2. The van der Waals surface area contributed by atoms with Crippen LogP contribution in [0.1, 0.15) is 15.2 Å². The summed E-state index contributed by atoms with van der Waals surface area (Å²) in [6.07, 6.45) is -0.661. The number of carbonyl (C=O) groups is 1. The van der Waals surface area contributed by atoms with Gasteiger partial charge in [0.05, 0.1) is 4.88 Å². The Kier molecular flexibility index (Phi) is 7.72. The summed E-state index contributed by atoms with van der Waals surface area (Å²) in [5.41, 5.74) is 7.42. The number of nitrogens with two attached hydrogens (primary N) is 1. The standard InChI is InChI=1S/C21H24N4O4S/c1-14-20(24-25-30-14)16-3-2-4-19(11-16)29-13-17(26)12-23-9-10-28-18-7-5-15(6-8-18)21(22)27/h2-8,11,17,23,26H,9-10,12-13H2,1H3,(H2,22,27). The summed E-state index contributed by atoms with van der Waals surface area (Å²) in [4.78, 5) is 12.1. The number of amides is 1. The number of benzene rings is 2. The molecular formula is C21H24N4O4S. The number of ether oxygens (including phenoxy) is 2. The Hall–Kier alpha value is -3.01. The topological polar surface area (TPSA) is 120 Å². The fourth-order valence-corrected chi connectivity index (χ4v) is 3.20. The highest BCUT2D eigenvalue weighted by Crippen LogP contribution is 2.26.